The molecule has 0 aliphatic carbocycles. The number of fused-ring (bicyclic) bond motifs is 1. The first-order chi connectivity index (χ1) is 17.3. The van der Waals surface area contributed by atoms with Crippen molar-refractivity contribution in [2.75, 3.05) is 18.5 Å². The van der Waals surface area contributed by atoms with E-state index in [9.17, 15) is 4.79 Å². The molecule has 10 nitrogen and oxygen atoms in total. The Kier molecular flexibility index (Phi) is 7.30. The summed E-state index contributed by atoms with van der Waals surface area (Å²) in [6, 6.07) is 15.9. The minimum absolute atomic E-state index is 0.238. The number of rotatable bonds is 8. The van der Waals surface area contributed by atoms with E-state index in [2.05, 4.69) is 30.8 Å². The maximum absolute atomic E-state index is 11.8. The summed E-state index contributed by atoms with van der Waals surface area (Å²) in [5.41, 5.74) is 1.31. The number of alkyl carbamates (subject to hydrolysis) is 1. The van der Waals surface area contributed by atoms with Crippen molar-refractivity contribution in [1.82, 2.24) is 25.5 Å². The second-order valence-electron chi connectivity index (χ2n) is 9.02. The van der Waals surface area contributed by atoms with Crippen molar-refractivity contribution in [2.45, 2.75) is 32.8 Å². The number of benzene rings is 2. The molecule has 36 heavy (non-hydrogen) atoms. The van der Waals surface area contributed by atoms with Gasteiger partial charge in [-0.2, -0.15) is 10.4 Å². The highest BCUT2D eigenvalue weighted by atomic mass is 16.6. The van der Waals surface area contributed by atoms with Gasteiger partial charge in [0, 0.05) is 18.2 Å². The third-order valence-corrected chi connectivity index (χ3v) is 4.99. The number of aromatic nitrogens is 4. The number of carbonyl (C=O) groups excluding carboxylic acids is 1. The van der Waals surface area contributed by atoms with Crippen molar-refractivity contribution < 1.29 is 14.3 Å². The summed E-state index contributed by atoms with van der Waals surface area (Å²) in [6.07, 6.45) is 3.03. The Morgan fingerprint density at radius 1 is 1.08 bits per heavy atom. The number of nitrogens with one attached hydrogen (secondary N) is 3. The lowest BCUT2D eigenvalue weighted by molar-refractivity contribution is 0.0525. The van der Waals surface area contributed by atoms with Crippen LogP contribution in [0, 0.1) is 11.3 Å². The average molecular weight is 486 g/mol. The van der Waals surface area contributed by atoms with Gasteiger partial charge in [0.05, 0.1) is 24.7 Å². The molecule has 0 saturated carbocycles. The van der Waals surface area contributed by atoms with E-state index in [0.29, 0.717) is 37.0 Å². The molecule has 2 aromatic carbocycles. The van der Waals surface area contributed by atoms with E-state index in [0.717, 1.165) is 22.0 Å². The molecular weight excluding hydrogens is 458 g/mol. The van der Waals surface area contributed by atoms with Gasteiger partial charge in [0.2, 0.25) is 0 Å². The number of ether oxygens (including phenoxy) is 2. The zero-order valence-electron chi connectivity index (χ0n) is 20.3. The smallest absolute Gasteiger partial charge is 0.407 e. The topological polar surface area (TPSA) is 138 Å². The molecule has 4 rings (SSSR count). The monoisotopic (exact) mass is 485 g/mol. The van der Waals surface area contributed by atoms with Gasteiger partial charge in [0.25, 0.3) is 0 Å². The molecule has 4 aromatic rings. The predicted octanol–water partition coefficient (Wildman–Crippen LogP) is 4.93. The van der Waals surface area contributed by atoms with Crippen LogP contribution in [0.25, 0.3) is 22.0 Å². The molecule has 0 spiro atoms. The highest BCUT2D eigenvalue weighted by molar-refractivity contribution is 5.90. The van der Waals surface area contributed by atoms with E-state index in [1.807, 2.05) is 69.3 Å². The van der Waals surface area contributed by atoms with Crippen molar-refractivity contribution in [1.29, 1.82) is 5.26 Å². The fourth-order valence-electron chi connectivity index (χ4n) is 3.41. The van der Waals surface area contributed by atoms with Gasteiger partial charge in [-0.05, 0) is 50.1 Å². The quantitative estimate of drug-likeness (QED) is 0.299. The zero-order chi connectivity index (χ0) is 25.5. The van der Waals surface area contributed by atoms with E-state index in [1.54, 1.807) is 0 Å². The first-order valence-corrected chi connectivity index (χ1v) is 11.5. The van der Waals surface area contributed by atoms with Gasteiger partial charge in [0.1, 0.15) is 23.2 Å². The molecule has 0 saturated heterocycles. The molecule has 2 heterocycles. The van der Waals surface area contributed by atoms with E-state index < -0.39 is 11.7 Å². The van der Waals surface area contributed by atoms with Gasteiger partial charge in [0.15, 0.2) is 11.5 Å². The summed E-state index contributed by atoms with van der Waals surface area (Å²) in [6.45, 7) is 6.31. The Bertz CT molecular complexity index is 1390. The Hall–Kier alpha value is -4.65. The van der Waals surface area contributed by atoms with Crippen LogP contribution < -0.4 is 15.4 Å². The van der Waals surface area contributed by atoms with Gasteiger partial charge in [-0.1, -0.05) is 24.3 Å². The standard InChI is InChI=1S/C26H27N7O3/c1-26(2,3)36-25(34)28-9-6-10-35-22-12-18-8-5-4-7-17(18)11-20(22)21-13-23(33-32-21)31-24-16-29-19(14-27)15-30-24/h4-5,7-8,11-13,15-16H,6,9-10H2,1-3H3,(H,28,34)(H2,30,31,32,33). The molecule has 0 bridgehead atoms. The average Bonchev–Trinajstić information content (AvgIpc) is 3.31. The zero-order valence-corrected chi connectivity index (χ0v) is 20.3. The number of nitrogens with zero attached hydrogens (tertiary/aromatic N) is 4. The maximum Gasteiger partial charge on any atom is 0.407 e. The molecule has 0 unspecified atom stereocenters. The molecule has 10 heteroatoms. The lowest BCUT2D eigenvalue weighted by Gasteiger charge is -2.19. The summed E-state index contributed by atoms with van der Waals surface area (Å²) in [5.74, 6) is 1.71. The van der Waals surface area contributed by atoms with Crippen LogP contribution in [0.4, 0.5) is 16.4 Å². The second kappa shape index (κ2) is 10.7. The fourth-order valence-corrected chi connectivity index (χ4v) is 3.41. The van der Waals surface area contributed by atoms with Crippen molar-refractivity contribution in [3.8, 4) is 23.1 Å². The van der Waals surface area contributed by atoms with Gasteiger partial charge in [-0.3, -0.25) is 5.10 Å². The van der Waals surface area contributed by atoms with Gasteiger partial charge < -0.3 is 20.1 Å². The molecule has 0 aliphatic rings. The van der Waals surface area contributed by atoms with E-state index in [4.69, 9.17) is 14.7 Å². The summed E-state index contributed by atoms with van der Waals surface area (Å²) in [4.78, 5) is 20.0. The lowest BCUT2D eigenvalue weighted by Crippen LogP contribution is -2.33. The van der Waals surface area contributed by atoms with Crippen molar-refractivity contribution in [3.05, 3.63) is 60.6 Å². The number of nitriles is 1. The Morgan fingerprint density at radius 3 is 2.56 bits per heavy atom. The number of H-pyrrole nitrogens is 1. The molecule has 0 aliphatic heterocycles. The van der Waals surface area contributed by atoms with Crippen LogP contribution in [0.3, 0.4) is 0 Å². The number of hydrogen-bond acceptors (Lipinski definition) is 8. The molecule has 0 atom stereocenters. The van der Waals surface area contributed by atoms with Gasteiger partial charge >= 0.3 is 6.09 Å². The minimum Gasteiger partial charge on any atom is -0.493 e. The minimum atomic E-state index is -0.537. The van der Waals surface area contributed by atoms with Crippen LogP contribution in [0.1, 0.15) is 32.9 Å². The molecule has 2 aromatic heterocycles. The normalized spacial score (nSPS) is 11.1. The van der Waals surface area contributed by atoms with Gasteiger partial charge in [-0.25, -0.2) is 14.8 Å². The van der Waals surface area contributed by atoms with Crippen molar-refractivity contribution in [3.63, 3.8) is 0 Å². The Labute approximate surface area is 208 Å². The van der Waals surface area contributed by atoms with E-state index in [-0.39, 0.29) is 5.69 Å². The van der Waals surface area contributed by atoms with Crippen LogP contribution in [-0.4, -0.2) is 45.0 Å². The number of anilines is 2. The number of aromatic amines is 1. The summed E-state index contributed by atoms with van der Waals surface area (Å²) in [7, 11) is 0. The molecule has 184 valence electrons. The van der Waals surface area contributed by atoms with E-state index >= 15 is 0 Å². The molecule has 3 N–H and O–H groups in total. The Morgan fingerprint density at radius 2 is 1.86 bits per heavy atom. The lowest BCUT2D eigenvalue weighted by atomic mass is 10.0. The summed E-state index contributed by atoms with van der Waals surface area (Å²) < 4.78 is 11.4. The van der Waals surface area contributed by atoms with Crippen molar-refractivity contribution in [2.24, 2.45) is 0 Å². The van der Waals surface area contributed by atoms with Crippen LogP contribution >= 0.6 is 0 Å². The molecular formula is C26H27N7O3. The van der Waals surface area contributed by atoms with Crippen LogP contribution in [-0.2, 0) is 4.74 Å². The van der Waals surface area contributed by atoms with E-state index in [1.165, 1.54) is 12.4 Å². The number of carbonyl (C=O) groups is 1. The third-order valence-electron chi connectivity index (χ3n) is 4.99. The highest BCUT2D eigenvalue weighted by Gasteiger charge is 2.16. The molecule has 0 radical (unpaired) electrons. The Balaban J connectivity index is 1.46. The molecule has 0 fully saturated rings. The first-order valence-electron chi connectivity index (χ1n) is 11.5. The SMILES string of the molecule is CC(C)(C)OC(=O)NCCCOc1cc2ccccc2cc1-c1cc(Nc2cnc(C#N)cn2)n[nH]1. The summed E-state index contributed by atoms with van der Waals surface area (Å²) in [5, 5.41) is 24.2. The van der Waals surface area contributed by atoms with Gasteiger partial charge in [-0.15, -0.1) is 0 Å². The van der Waals surface area contributed by atoms with Crippen LogP contribution in [0.2, 0.25) is 0 Å². The largest absolute Gasteiger partial charge is 0.493 e. The first kappa shape index (κ1) is 24.5. The fraction of sp³-hybridized carbons (Fsp3) is 0.269. The number of amides is 1. The van der Waals surface area contributed by atoms with Crippen LogP contribution in [0.15, 0.2) is 54.9 Å². The number of hydrogen-bond donors (Lipinski definition) is 3. The summed E-state index contributed by atoms with van der Waals surface area (Å²) >= 11 is 0. The van der Waals surface area contributed by atoms with Crippen molar-refractivity contribution >= 4 is 28.5 Å². The molecule has 1 amide bonds. The third kappa shape index (κ3) is 6.48. The van der Waals surface area contributed by atoms with Crippen LogP contribution in [0.5, 0.6) is 5.75 Å². The predicted molar refractivity (Wildman–Crippen MR) is 136 cm³/mol. The second-order valence-corrected chi connectivity index (χ2v) is 9.02. The highest BCUT2D eigenvalue weighted by Crippen LogP contribution is 2.34. The maximum atomic E-state index is 11.8.